The van der Waals surface area contributed by atoms with E-state index in [1.807, 2.05) is 0 Å². The monoisotopic (exact) mass is 294 g/mol. The maximum absolute atomic E-state index is 12.7. The van der Waals surface area contributed by atoms with Gasteiger partial charge in [0.25, 0.3) is 6.43 Å². The fourth-order valence-corrected chi connectivity index (χ4v) is 1.43. The van der Waals surface area contributed by atoms with Crippen LogP contribution in [-0.4, -0.2) is 17.6 Å². The molecule has 9 heteroatoms. The maximum Gasteiger partial charge on any atom is 0.434 e. The molecule has 20 heavy (non-hydrogen) atoms. The largest absolute Gasteiger partial charge is 0.462 e. The fourth-order valence-electron chi connectivity index (χ4n) is 1.43. The highest BCUT2D eigenvalue weighted by atomic mass is 19.4. The van der Waals surface area contributed by atoms with Gasteiger partial charge in [0.1, 0.15) is 11.6 Å². The molecule has 0 N–H and O–H groups in total. The number of hydrogen-bond acceptors (Lipinski definition) is 4. The van der Waals surface area contributed by atoms with Gasteiger partial charge in [-0.3, -0.25) is 4.98 Å². The van der Waals surface area contributed by atoms with Crippen LogP contribution in [0.2, 0.25) is 0 Å². The summed E-state index contributed by atoms with van der Waals surface area (Å²) in [6.07, 6.45) is -8.09. The van der Waals surface area contributed by atoms with Crippen molar-refractivity contribution in [1.82, 2.24) is 4.98 Å². The Morgan fingerprint density at radius 2 is 2.10 bits per heavy atom. The average molecular weight is 294 g/mol. The van der Waals surface area contributed by atoms with Crippen LogP contribution in [0.4, 0.5) is 22.0 Å². The first-order valence-corrected chi connectivity index (χ1v) is 5.19. The first-order valence-electron chi connectivity index (χ1n) is 5.19. The average Bonchev–Trinajstić information content (AvgIpc) is 2.35. The van der Waals surface area contributed by atoms with E-state index in [4.69, 9.17) is 5.26 Å². The molecular formula is C11H7F5N2O2. The van der Waals surface area contributed by atoms with Gasteiger partial charge in [0, 0.05) is 6.20 Å². The second-order valence-corrected chi connectivity index (χ2v) is 3.44. The molecule has 0 aromatic carbocycles. The summed E-state index contributed by atoms with van der Waals surface area (Å²) in [6, 6.07) is 1.18. The minimum atomic E-state index is -5.08. The van der Waals surface area contributed by atoms with Gasteiger partial charge < -0.3 is 4.74 Å². The molecule has 0 bridgehead atoms. The van der Waals surface area contributed by atoms with Gasteiger partial charge in [0.15, 0.2) is 5.69 Å². The quantitative estimate of drug-likeness (QED) is 0.635. The molecule has 1 aromatic rings. The molecule has 1 heterocycles. The van der Waals surface area contributed by atoms with Crippen LogP contribution in [0.1, 0.15) is 40.5 Å². The molecule has 0 amide bonds. The highest BCUT2D eigenvalue weighted by Gasteiger charge is 2.40. The highest BCUT2D eigenvalue weighted by molar-refractivity contribution is 5.94. The molecule has 1 rings (SSSR count). The first-order chi connectivity index (χ1) is 9.23. The van der Waals surface area contributed by atoms with E-state index in [9.17, 15) is 26.7 Å². The topological polar surface area (TPSA) is 63.0 Å². The third-order valence-electron chi connectivity index (χ3n) is 2.20. The number of carbonyl (C=O) groups excluding carboxylic acids is 1. The molecule has 4 nitrogen and oxygen atoms in total. The van der Waals surface area contributed by atoms with E-state index < -0.39 is 41.0 Å². The number of nitriles is 1. The zero-order valence-electron chi connectivity index (χ0n) is 9.96. The van der Waals surface area contributed by atoms with Gasteiger partial charge in [0.2, 0.25) is 0 Å². The van der Waals surface area contributed by atoms with E-state index in [0.717, 1.165) is 0 Å². The summed E-state index contributed by atoms with van der Waals surface area (Å²) in [6.45, 7) is 1.04. The Hall–Kier alpha value is -2.24. The molecule has 0 atom stereocenters. The standard InChI is InChI=1S/C11H7F5N2O2/c1-2-20-10(19)7-5(3-17)6(9(12)13)4-18-8(7)11(14,15)16/h4,9H,2H2,1H3. The Morgan fingerprint density at radius 3 is 2.50 bits per heavy atom. The Bertz CT molecular complexity index is 563. The summed E-state index contributed by atoms with van der Waals surface area (Å²) in [5.74, 6) is -1.52. The molecule has 0 fully saturated rings. The Kier molecular flexibility index (Phi) is 4.60. The lowest BCUT2D eigenvalue weighted by Crippen LogP contribution is -2.20. The smallest absolute Gasteiger partial charge is 0.434 e. The summed E-state index contributed by atoms with van der Waals surface area (Å²) < 4.78 is 67.9. The van der Waals surface area contributed by atoms with Crippen molar-refractivity contribution in [3.8, 4) is 6.07 Å². The minimum absolute atomic E-state index is 0.231. The number of aromatic nitrogens is 1. The number of halogens is 5. The molecule has 1 aromatic heterocycles. The second-order valence-electron chi connectivity index (χ2n) is 3.44. The normalized spacial score (nSPS) is 11.3. The highest BCUT2D eigenvalue weighted by Crippen LogP contribution is 2.35. The van der Waals surface area contributed by atoms with Crippen molar-refractivity contribution in [2.75, 3.05) is 6.61 Å². The predicted molar refractivity (Wildman–Crippen MR) is 54.9 cm³/mol. The summed E-state index contributed by atoms with van der Waals surface area (Å²) in [5, 5.41) is 8.77. The molecule has 0 radical (unpaired) electrons. The number of ether oxygens (including phenoxy) is 1. The predicted octanol–water partition coefficient (Wildman–Crippen LogP) is 3.09. The van der Waals surface area contributed by atoms with E-state index in [1.54, 1.807) is 0 Å². The van der Waals surface area contributed by atoms with Crippen LogP contribution in [0.25, 0.3) is 0 Å². The number of hydrogen-bond donors (Lipinski definition) is 0. The molecule has 0 saturated carbocycles. The zero-order valence-corrected chi connectivity index (χ0v) is 9.96. The Labute approximate surface area is 109 Å². The number of nitrogens with zero attached hydrogens (tertiary/aromatic N) is 2. The first kappa shape index (κ1) is 15.8. The van der Waals surface area contributed by atoms with Crippen LogP contribution in [0.5, 0.6) is 0 Å². The SMILES string of the molecule is CCOC(=O)c1c(C(F)(F)F)ncc(C(F)F)c1C#N. The van der Waals surface area contributed by atoms with E-state index in [-0.39, 0.29) is 12.8 Å². The number of rotatable bonds is 3. The molecule has 0 spiro atoms. The van der Waals surface area contributed by atoms with Crippen molar-refractivity contribution in [2.45, 2.75) is 19.5 Å². The van der Waals surface area contributed by atoms with Gasteiger partial charge in [-0.1, -0.05) is 0 Å². The van der Waals surface area contributed by atoms with Crippen molar-refractivity contribution >= 4 is 5.97 Å². The second kappa shape index (κ2) is 5.81. The van der Waals surface area contributed by atoms with E-state index >= 15 is 0 Å². The van der Waals surface area contributed by atoms with E-state index in [0.29, 0.717) is 0 Å². The molecule has 0 aliphatic carbocycles. The summed E-state index contributed by atoms with van der Waals surface area (Å²) in [5.41, 5.74) is -5.15. The van der Waals surface area contributed by atoms with Crippen LogP contribution in [0, 0.1) is 11.3 Å². The van der Waals surface area contributed by atoms with Crippen LogP contribution in [0.3, 0.4) is 0 Å². The van der Waals surface area contributed by atoms with Crippen LogP contribution >= 0.6 is 0 Å². The Morgan fingerprint density at radius 1 is 1.50 bits per heavy atom. The van der Waals surface area contributed by atoms with Crippen LogP contribution in [-0.2, 0) is 10.9 Å². The number of carbonyl (C=O) groups is 1. The van der Waals surface area contributed by atoms with Gasteiger partial charge in [-0.2, -0.15) is 18.4 Å². The van der Waals surface area contributed by atoms with Crippen molar-refractivity contribution in [3.63, 3.8) is 0 Å². The maximum atomic E-state index is 12.7. The van der Waals surface area contributed by atoms with E-state index in [2.05, 4.69) is 9.72 Å². The Balaban J connectivity index is 3.66. The summed E-state index contributed by atoms with van der Waals surface area (Å²) >= 11 is 0. The third kappa shape index (κ3) is 3.01. The molecule has 0 unspecified atom stereocenters. The molecule has 0 aliphatic rings. The van der Waals surface area contributed by atoms with Crippen molar-refractivity contribution in [2.24, 2.45) is 0 Å². The van der Waals surface area contributed by atoms with Gasteiger partial charge in [-0.15, -0.1) is 0 Å². The third-order valence-corrected chi connectivity index (χ3v) is 2.20. The van der Waals surface area contributed by atoms with Gasteiger partial charge in [0.05, 0.1) is 17.7 Å². The minimum Gasteiger partial charge on any atom is -0.462 e. The molecule has 108 valence electrons. The molecular weight excluding hydrogens is 287 g/mol. The van der Waals surface area contributed by atoms with Gasteiger partial charge >= 0.3 is 12.1 Å². The lowest BCUT2D eigenvalue weighted by Gasteiger charge is -2.14. The van der Waals surface area contributed by atoms with Crippen LogP contribution < -0.4 is 0 Å². The molecule has 0 aliphatic heterocycles. The summed E-state index contributed by atoms with van der Waals surface area (Å²) in [7, 11) is 0. The van der Waals surface area contributed by atoms with Crippen molar-refractivity contribution in [3.05, 3.63) is 28.6 Å². The molecule has 0 saturated heterocycles. The fraction of sp³-hybridized carbons (Fsp3) is 0.364. The number of pyridine rings is 1. The summed E-state index contributed by atoms with van der Waals surface area (Å²) in [4.78, 5) is 14.3. The van der Waals surface area contributed by atoms with Crippen molar-refractivity contribution in [1.29, 1.82) is 5.26 Å². The zero-order chi connectivity index (χ0) is 15.5. The lowest BCUT2D eigenvalue weighted by atomic mass is 10.0. The van der Waals surface area contributed by atoms with Crippen molar-refractivity contribution < 1.29 is 31.5 Å². The lowest BCUT2D eigenvalue weighted by molar-refractivity contribution is -0.141. The number of esters is 1. The number of alkyl halides is 5. The van der Waals surface area contributed by atoms with Gasteiger partial charge in [-0.05, 0) is 6.92 Å². The van der Waals surface area contributed by atoms with Crippen LogP contribution in [0.15, 0.2) is 6.20 Å². The van der Waals surface area contributed by atoms with Gasteiger partial charge in [-0.25, -0.2) is 13.6 Å². The van der Waals surface area contributed by atoms with E-state index in [1.165, 1.54) is 13.0 Å².